The van der Waals surface area contributed by atoms with Crippen molar-refractivity contribution in [1.82, 2.24) is 15.1 Å². The summed E-state index contributed by atoms with van der Waals surface area (Å²) < 4.78 is 5.81. The summed E-state index contributed by atoms with van der Waals surface area (Å²) in [7, 11) is 2.13. The van der Waals surface area contributed by atoms with Crippen LogP contribution in [0.25, 0.3) is 0 Å². The minimum Gasteiger partial charge on any atom is -0.378 e. The van der Waals surface area contributed by atoms with Crippen LogP contribution in [0, 0.1) is 0 Å². The van der Waals surface area contributed by atoms with Crippen LogP contribution in [0.5, 0.6) is 0 Å². The highest BCUT2D eigenvalue weighted by atomic mass is 16.5. The fourth-order valence-electron chi connectivity index (χ4n) is 3.11. The SMILES string of the molecule is C[C@H](C(=O)NCCCOC1CCCC1)N1CCN(C)CC1. The lowest BCUT2D eigenvalue weighted by molar-refractivity contribution is -0.126. The quantitative estimate of drug-likeness (QED) is 0.715. The van der Waals surface area contributed by atoms with E-state index in [-0.39, 0.29) is 11.9 Å². The molecule has 1 atom stereocenters. The van der Waals surface area contributed by atoms with E-state index in [0.29, 0.717) is 6.10 Å². The second-order valence-corrected chi connectivity index (χ2v) is 6.44. The summed E-state index contributed by atoms with van der Waals surface area (Å²) in [5.41, 5.74) is 0. The van der Waals surface area contributed by atoms with Gasteiger partial charge < -0.3 is 15.0 Å². The Morgan fingerprint density at radius 2 is 1.90 bits per heavy atom. The lowest BCUT2D eigenvalue weighted by Gasteiger charge is -2.35. The standard InChI is InChI=1S/C16H31N3O2/c1-14(19-11-9-18(2)10-12-19)16(20)17-8-5-13-21-15-6-3-4-7-15/h14-15H,3-13H2,1-2H3,(H,17,20)/t14-/m1/s1. The fourth-order valence-corrected chi connectivity index (χ4v) is 3.11. The Morgan fingerprint density at radius 3 is 2.57 bits per heavy atom. The number of likely N-dealkylation sites (N-methyl/N-ethyl adjacent to an activating group) is 1. The van der Waals surface area contributed by atoms with Crippen LogP contribution in [0.3, 0.4) is 0 Å². The van der Waals surface area contributed by atoms with E-state index in [0.717, 1.165) is 45.8 Å². The highest BCUT2D eigenvalue weighted by Gasteiger charge is 2.23. The second-order valence-electron chi connectivity index (χ2n) is 6.44. The molecule has 1 amide bonds. The molecule has 1 aliphatic heterocycles. The number of hydrogen-bond acceptors (Lipinski definition) is 4. The molecule has 0 aromatic rings. The molecule has 1 N–H and O–H groups in total. The lowest BCUT2D eigenvalue weighted by Crippen LogP contribution is -2.53. The Morgan fingerprint density at radius 1 is 1.24 bits per heavy atom. The van der Waals surface area contributed by atoms with Gasteiger partial charge in [-0.1, -0.05) is 12.8 Å². The van der Waals surface area contributed by atoms with E-state index in [9.17, 15) is 4.79 Å². The zero-order valence-electron chi connectivity index (χ0n) is 13.6. The number of amides is 1. The van der Waals surface area contributed by atoms with Crippen LogP contribution < -0.4 is 5.32 Å². The normalized spacial score (nSPS) is 23.3. The first-order chi connectivity index (χ1) is 10.2. The molecule has 0 radical (unpaired) electrons. The van der Waals surface area contributed by atoms with Crippen LogP contribution in [0.2, 0.25) is 0 Å². The maximum Gasteiger partial charge on any atom is 0.237 e. The summed E-state index contributed by atoms with van der Waals surface area (Å²) in [5, 5.41) is 3.04. The molecule has 2 rings (SSSR count). The van der Waals surface area contributed by atoms with Crippen LogP contribution in [-0.4, -0.2) is 74.2 Å². The third-order valence-corrected chi connectivity index (χ3v) is 4.74. The molecule has 2 fully saturated rings. The van der Waals surface area contributed by atoms with E-state index in [1.807, 2.05) is 6.92 Å². The largest absolute Gasteiger partial charge is 0.378 e. The lowest BCUT2D eigenvalue weighted by atomic mass is 10.2. The zero-order chi connectivity index (χ0) is 15.1. The monoisotopic (exact) mass is 297 g/mol. The molecule has 0 bridgehead atoms. The molecule has 1 saturated carbocycles. The summed E-state index contributed by atoms with van der Waals surface area (Å²) in [6.07, 6.45) is 6.44. The predicted molar refractivity (Wildman–Crippen MR) is 84.4 cm³/mol. The number of nitrogens with one attached hydrogen (secondary N) is 1. The van der Waals surface area contributed by atoms with Gasteiger partial charge in [-0.3, -0.25) is 9.69 Å². The van der Waals surface area contributed by atoms with Gasteiger partial charge in [0.1, 0.15) is 0 Å². The van der Waals surface area contributed by atoms with Crippen molar-refractivity contribution in [2.45, 2.75) is 51.2 Å². The predicted octanol–water partition coefficient (Wildman–Crippen LogP) is 1.09. The first kappa shape index (κ1) is 16.7. The number of carbonyl (C=O) groups excluding carboxylic acids is 1. The molecule has 21 heavy (non-hydrogen) atoms. The van der Waals surface area contributed by atoms with Gasteiger partial charge in [-0.05, 0) is 33.2 Å². The average Bonchev–Trinajstić information content (AvgIpc) is 3.00. The molecule has 1 saturated heterocycles. The first-order valence-electron chi connectivity index (χ1n) is 8.48. The molecule has 1 aliphatic carbocycles. The minimum atomic E-state index is -0.0190. The van der Waals surface area contributed by atoms with Gasteiger partial charge in [-0.25, -0.2) is 0 Å². The van der Waals surface area contributed by atoms with E-state index in [1.54, 1.807) is 0 Å². The Kier molecular flexibility index (Phi) is 6.93. The smallest absolute Gasteiger partial charge is 0.237 e. The molecule has 5 heteroatoms. The van der Waals surface area contributed by atoms with E-state index >= 15 is 0 Å². The average molecular weight is 297 g/mol. The maximum atomic E-state index is 12.1. The van der Waals surface area contributed by atoms with Crippen molar-refractivity contribution in [2.75, 3.05) is 46.4 Å². The van der Waals surface area contributed by atoms with Gasteiger partial charge in [0.05, 0.1) is 12.1 Å². The maximum absolute atomic E-state index is 12.1. The van der Waals surface area contributed by atoms with Crippen molar-refractivity contribution in [1.29, 1.82) is 0 Å². The molecule has 0 aromatic carbocycles. The van der Waals surface area contributed by atoms with Gasteiger partial charge in [-0.2, -0.15) is 0 Å². The summed E-state index contributed by atoms with van der Waals surface area (Å²) in [4.78, 5) is 16.7. The topological polar surface area (TPSA) is 44.8 Å². The van der Waals surface area contributed by atoms with Crippen LogP contribution in [0.4, 0.5) is 0 Å². The Labute approximate surface area is 129 Å². The molecule has 0 aromatic heterocycles. The molecule has 0 spiro atoms. The summed E-state index contributed by atoms with van der Waals surface area (Å²) in [5.74, 6) is 0.153. The van der Waals surface area contributed by atoms with Gasteiger partial charge in [0.25, 0.3) is 0 Å². The van der Waals surface area contributed by atoms with Crippen LogP contribution in [-0.2, 0) is 9.53 Å². The third kappa shape index (κ3) is 5.57. The number of piperazine rings is 1. The van der Waals surface area contributed by atoms with Crippen molar-refractivity contribution < 1.29 is 9.53 Å². The Hall–Kier alpha value is -0.650. The second kappa shape index (κ2) is 8.71. The molecule has 0 unspecified atom stereocenters. The molecule has 2 aliphatic rings. The van der Waals surface area contributed by atoms with Gasteiger partial charge in [-0.15, -0.1) is 0 Å². The molecule has 1 heterocycles. The van der Waals surface area contributed by atoms with Gasteiger partial charge >= 0.3 is 0 Å². The van der Waals surface area contributed by atoms with E-state index < -0.39 is 0 Å². The number of carbonyl (C=O) groups is 1. The highest BCUT2D eigenvalue weighted by Crippen LogP contribution is 2.20. The summed E-state index contributed by atoms with van der Waals surface area (Å²) >= 11 is 0. The Balaban J connectivity index is 1.53. The van der Waals surface area contributed by atoms with Crippen molar-refractivity contribution in [3.05, 3.63) is 0 Å². The molecule has 5 nitrogen and oxygen atoms in total. The molecular formula is C16H31N3O2. The van der Waals surface area contributed by atoms with Gasteiger partial charge in [0.2, 0.25) is 5.91 Å². The molecular weight excluding hydrogens is 266 g/mol. The summed E-state index contributed by atoms with van der Waals surface area (Å²) in [6, 6.07) is -0.0190. The third-order valence-electron chi connectivity index (χ3n) is 4.74. The van der Waals surface area contributed by atoms with Crippen molar-refractivity contribution in [2.24, 2.45) is 0 Å². The van der Waals surface area contributed by atoms with Crippen molar-refractivity contribution >= 4 is 5.91 Å². The van der Waals surface area contributed by atoms with E-state index in [1.165, 1.54) is 25.7 Å². The zero-order valence-corrected chi connectivity index (χ0v) is 13.6. The van der Waals surface area contributed by atoms with Crippen molar-refractivity contribution in [3.63, 3.8) is 0 Å². The fraction of sp³-hybridized carbons (Fsp3) is 0.938. The first-order valence-corrected chi connectivity index (χ1v) is 8.48. The van der Waals surface area contributed by atoms with Crippen LogP contribution in [0.15, 0.2) is 0 Å². The van der Waals surface area contributed by atoms with Crippen LogP contribution in [0.1, 0.15) is 39.0 Å². The number of rotatable bonds is 7. The Bertz CT molecular complexity index is 311. The molecule has 122 valence electrons. The highest BCUT2D eigenvalue weighted by molar-refractivity contribution is 5.81. The number of hydrogen-bond donors (Lipinski definition) is 1. The van der Waals surface area contributed by atoms with Crippen LogP contribution >= 0.6 is 0 Å². The number of ether oxygens (including phenoxy) is 1. The van der Waals surface area contributed by atoms with Crippen molar-refractivity contribution in [3.8, 4) is 0 Å². The summed E-state index contributed by atoms with van der Waals surface area (Å²) in [6.45, 7) is 7.57. The number of nitrogens with zero attached hydrogens (tertiary/aromatic N) is 2. The van der Waals surface area contributed by atoms with Gasteiger partial charge in [0, 0.05) is 39.3 Å². The van der Waals surface area contributed by atoms with E-state index in [4.69, 9.17) is 4.74 Å². The minimum absolute atomic E-state index is 0.0190. The van der Waals surface area contributed by atoms with E-state index in [2.05, 4.69) is 22.2 Å². The van der Waals surface area contributed by atoms with Gasteiger partial charge in [0.15, 0.2) is 0 Å².